The first-order chi connectivity index (χ1) is 9.24. The normalized spacial score (nSPS) is 46.7. The van der Waals surface area contributed by atoms with Gasteiger partial charge in [-0.15, -0.1) is 0 Å². The van der Waals surface area contributed by atoms with Gasteiger partial charge in [0.1, 0.15) is 0 Å². The summed E-state index contributed by atoms with van der Waals surface area (Å²) in [5, 5.41) is 9.91. The van der Waals surface area contributed by atoms with Crippen molar-refractivity contribution in [2.24, 2.45) is 11.8 Å². The molecule has 0 unspecified atom stereocenters. The molecule has 4 heterocycles. The standard InChI is InChI=1S/C15H24N2O2/c18-11-4-6-16-9-10-7-12(14(16)8-11)15(19)17-5-2-1-3-13(10)17/h10-14,18H,1-9H2/t10-,11-,12+,13+,14+/m0/s1. The number of fused-ring (bicyclic) bond motifs is 6. The zero-order chi connectivity index (χ0) is 13.0. The van der Waals surface area contributed by atoms with Gasteiger partial charge in [0.05, 0.1) is 12.0 Å². The molecule has 4 heteroatoms. The van der Waals surface area contributed by atoms with Gasteiger partial charge >= 0.3 is 0 Å². The van der Waals surface area contributed by atoms with Crippen LogP contribution >= 0.6 is 0 Å². The van der Waals surface area contributed by atoms with Gasteiger partial charge in [0.2, 0.25) is 5.91 Å². The number of carbonyl (C=O) groups is 1. The average molecular weight is 264 g/mol. The Labute approximate surface area is 114 Å². The largest absolute Gasteiger partial charge is 0.393 e. The lowest BCUT2D eigenvalue weighted by Gasteiger charge is -2.56. The number of aliphatic hydroxyl groups excluding tert-OH is 1. The number of amides is 1. The van der Waals surface area contributed by atoms with Crippen LogP contribution in [0.2, 0.25) is 0 Å². The minimum absolute atomic E-state index is 0.169. The average Bonchev–Trinajstić information content (AvgIpc) is 2.45. The molecule has 4 rings (SSSR count). The van der Waals surface area contributed by atoms with Crippen molar-refractivity contribution < 1.29 is 9.90 Å². The van der Waals surface area contributed by atoms with Gasteiger partial charge in [0.15, 0.2) is 0 Å². The summed E-state index contributed by atoms with van der Waals surface area (Å²) in [7, 11) is 0. The Bertz CT molecular complexity index is 386. The van der Waals surface area contributed by atoms with Crippen LogP contribution in [0.25, 0.3) is 0 Å². The lowest BCUT2D eigenvalue weighted by molar-refractivity contribution is -0.160. The van der Waals surface area contributed by atoms with Crippen LogP contribution in [0.15, 0.2) is 0 Å². The number of piperidine rings is 4. The Kier molecular flexibility index (Phi) is 2.85. The summed E-state index contributed by atoms with van der Waals surface area (Å²) in [5.74, 6) is 1.25. The summed E-state index contributed by atoms with van der Waals surface area (Å²) in [4.78, 5) is 17.5. The molecular weight excluding hydrogens is 240 g/mol. The molecule has 0 aromatic heterocycles. The van der Waals surface area contributed by atoms with E-state index in [1.807, 2.05) is 0 Å². The molecule has 4 aliphatic heterocycles. The molecule has 0 radical (unpaired) electrons. The van der Waals surface area contributed by atoms with Crippen LogP contribution in [0, 0.1) is 11.8 Å². The zero-order valence-electron chi connectivity index (χ0n) is 11.5. The van der Waals surface area contributed by atoms with Crippen LogP contribution in [0.5, 0.6) is 0 Å². The maximum Gasteiger partial charge on any atom is 0.227 e. The summed E-state index contributed by atoms with van der Waals surface area (Å²) in [6, 6.07) is 0.834. The molecule has 0 aromatic carbocycles. The minimum Gasteiger partial charge on any atom is -0.393 e. The summed E-state index contributed by atoms with van der Waals surface area (Å²) in [6.45, 7) is 3.12. The van der Waals surface area contributed by atoms with E-state index in [4.69, 9.17) is 0 Å². The number of aliphatic hydroxyl groups is 1. The summed E-state index contributed by atoms with van der Waals surface area (Å²) in [6.07, 6.45) is 6.26. The van der Waals surface area contributed by atoms with Crippen LogP contribution in [0.1, 0.15) is 38.5 Å². The molecule has 1 N–H and O–H groups in total. The summed E-state index contributed by atoms with van der Waals surface area (Å²) < 4.78 is 0. The topological polar surface area (TPSA) is 43.8 Å². The molecule has 0 saturated carbocycles. The van der Waals surface area contributed by atoms with E-state index >= 15 is 0 Å². The zero-order valence-corrected chi connectivity index (χ0v) is 11.5. The first kappa shape index (κ1) is 12.2. The third kappa shape index (κ3) is 1.83. The van der Waals surface area contributed by atoms with Crippen LogP contribution in [-0.2, 0) is 4.79 Å². The molecule has 0 aliphatic carbocycles. The Morgan fingerprint density at radius 2 is 1.95 bits per heavy atom. The summed E-state index contributed by atoms with van der Waals surface area (Å²) >= 11 is 0. The van der Waals surface area contributed by atoms with Crippen LogP contribution in [-0.4, -0.2) is 58.6 Å². The highest BCUT2D eigenvalue weighted by Crippen LogP contribution is 2.43. The van der Waals surface area contributed by atoms with Crippen molar-refractivity contribution in [1.29, 1.82) is 0 Å². The van der Waals surface area contributed by atoms with E-state index in [1.165, 1.54) is 19.3 Å². The molecule has 4 fully saturated rings. The van der Waals surface area contributed by atoms with Crippen molar-refractivity contribution in [2.75, 3.05) is 19.6 Å². The molecule has 5 atom stereocenters. The smallest absolute Gasteiger partial charge is 0.227 e. The maximum absolute atomic E-state index is 12.7. The third-order valence-corrected chi connectivity index (χ3v) is 5.92. The van der Waals surface area contributed by atoms with E-state index in [1.54, 1.807) is 0 Å². The molecule has 4 saturated heterocycles. The second kappa shape index (κ2) is 4.45. The lowest BCUT2D eigenvalue weighted by atomic mass is 9.70. The van der Waals surface area contributed by atoms with Crippen molar-refractivity contribution in [3.05, 3.63) is 0 Å². The first-order valence-electron chi connectivity index (χ1n) is 7.96. The van der Waals surface area contributed by atoms with E-state index in [9.17, 15) is 9.90 Å². The van der Waals surface area contributed by atoms with Gasteiger partial charge in [0, 0.05) is 31.7 Å². The molecule has 2 bridgehead atoms. The molecular formula is C15H24N2O2. The highest BCUT2D eigenvalue weighted by Gasteiger charge is 2.51. The fourth-order valence-corrected chi connectivity index (χ4v) is 5.01. The van der Waals surface area contributed by atoms with Crippen molar-refractivity contribution in [2.45, 2.75) is 56.7 Å². The third-order valence-electron chi connectivity index (χ3n) is 5.92. The van der Waals surface area contributed by atoms with Crippen LogP contribution < -0.4 is 0 Å². The van der Waals surface area contributed by atoms with Crippen LogP contribution in [0.3, 0.4) is 0 Å². The lowest BCUT2D eigenvalue weighted by Crippen LogP contribution is -2.66. The molecule has 1 amide bonds. The Morgan fingerprint density at radius 1 is 1.05 bits per heavy atom. The van der Waals surface area contributed by atoms with Crippen molar-refractivity contribution >= 4 is 5.91 Å². The van der Waals surface area contributed by atoms with Gasteiger partial charge in [-0.1, -0.05) is 0 Å². The van der Waals surface area contributed by atoms with Gasteiger partial charge in [-0.05, 0) is 44.4 Å². The monoisotopic (exact) mass is 264 g/mol. The second-order valence-electron chi connectivity index (χ2n) is 6.94. The number of rotatable bonds is 0. The number of nitrogens with zero attached hydrogens (tertiary/aromatic N) is 2. The fourth-order valence-electron chi connectivity index (χ4n) is 5.01. The predicted octanol–water partition coefficient (Wildman–Crippen LogP) is 0.842. The second-order valence-corrected chi connectivity index (χ2v) is 6.94. The molecule has 19 heavy (non-hydrogen) atoms. The Balaban J connectivity index is 1.62. The van der Waals surface area contributed by atoms with Crippen molar-refractivity contribution in [1.82, 2.24) is 9.80 Å². The van der Waals surface area contributed by atoms with Gasteiger partial charge in [-0.3, -0.25) is 9.69 Å². The molecule has 4 nitrogen and oxygen atoms in total. The fraction of sp³-hybridized carbons (Fsp3) is 0.933. The van der Waals surface area contributed by atoms with E-state index in [-0.39, 0.29) is 12.0 Å². The van der Waals surface area contributed by atoms with E-state index in [2.05, 4.69) is 9.80 Å². The number of hydrogen-bond donors (Lipinski definition) is 1. The van der Waals surface area contributed by atoms with Gasteiger partial charge in [-0.25, -0.2) is 0 Å². The SMILES string of the molecule is O=C1[C@@H]2C[C@@H](CN3CC[C@H](O)C[C@H]23)[C@H]2CCCCN12. The first-order valence-corrected chi connectivity index (χ1v) is 7.96. The molecule has 0 spiro atoms. The molecule has 0 aromatic rings. The molecule has 106 valence electrons. The number of hydrogen-bond acceptors (Lipinski definition) is 3. The van der Waals surface area contributed by atoms with E-state index in [0.717, 1.165) is 38.9 Å². The van der Waals surface area contributed by atoms with Crippen LogP contribution in [0.4, 0.5) is 0 Å². The van der Waals surface area contributed by atoms with Crippen molar-refractivity contribution in [3.8, 4) is 0 Å². The highest BCUT2D eigenvalue weighted by molar-refractivity contribution is 5.81. The highest BCUT2D eigenvalue weighted by atomic mass is 16.3. The van der Waals surface area contributed by atoms with Gasteiger partial charge < -0.3 is 10.0 Å². The minimum atomic E-state index is -0.190. The van der Waals surface area contributed by atoms with E-state index in [0.29, 0.717) is 23.9 Å². The summed E-state index contributed by atoms with van der Waals surface area (Å²) in [5.41, 5.74) is 0. The van der Waals surface area contributed by atoms with Crippen molar-refractivity contribution in [3.63, 3.8) is 0 Å². The molecule has 4 aliphatic rings. The number of carbonyl (C=O) groups excluding carboxylic acids is 1. The van der Waals surface area contributed by atoms with Gasteiger partial charge in [0.25, 0.3) is 0 Å². The van der Waals surface area contributed by atoms with Gasteiger partial charge in [-0.2, -0.15) is 0 Å². The predicted molar refractivity (Wildman–Crippen MR) is 71.6 cm³/mol. The Morgan fingerprint density at radius 3 is 2.84 bits per heavy atom. The van der Waals surface area contributed by atoms with E-state index < -0.39 is 0 Å². The quantitative estimate of drug-likeness (QED) is 0.705. The maximum atomic E-state index is 12.7. The Hall–Kier alpha value is -0.610.